The van der Waals surface area contributed by atoms with Crippen molar-refractivity contribution in [2.75, 3.05) is 19.6 Å². The number of rotatable bonds is 4. The van der Waals surface area contributed by atoms with Gasteiger partial charge >= 0.3 is 0 Å². The van der Waals surface area contributed by atoms with E-state index in [9.17, 15) is 4.79 Å². The molecule has 1 atom stereocenters. The van der Waals surface area contributed by atoms with Crippen molar-refractivity contribution in [2.24, 2.45) is 11.8 Å². The van der Waals surface area contributed by atoms with E-state index in [1.807, 2.05) is 0 Å². The lowest BCUT2D eigenvalue weighted by molar-refractivity contribution is -0.137. The first-order valence-electron chi connectivity index (χ1n) is 7.52. The van der Waals surface area contributed by atoms with Gasteiger partial charge in [-0.3, -0.25) is 14.7 Å². The largest absolute Gasteiger partial charge is 0.299 e. The Balaban J connectivity index is 1.82. The smallest absolute Gasteiger partial charge is 0.239 e. The molecule has 0 aromatic rings. The Hall–Kier alpha value is -0.610. The zero-order valence-corrected chi connectivity index (χ0v) is 11.6. The standard InChI is InChI=1S/C14H27N3O/c1-2-16-10-6-9-13(16)11-17(15)14(18)12-7-4-3-5-8-12/h12-13H,2-11,15H2,1H3/t13-/m1/s1. The normalized spacial score (nSPS) is 26.4. The van der Waals surface area contributed by atoms with Crippen LogP contribution in [0.2, 0.25) is 0 Å². The van der Waals surface area contributed by atoms with Gasteiger partial charge in [0.05, 0.1) is 6.54 Å². The van der Waals surface area contributed by atoms with Crippen LogP contribution < -0.4 is 5.84 Å². The average Bonchev–Trinajstić information content (AvgIpc) is 2.86. The first-order valence-corrected chi connectivity index (χ1v) is 7.52. The summed E-state index contributed by atoms with van der Waals surface area (Å²) in [6.07, 6.45) is 8.15. The van der Waals surface area contributed by atoms with Crippen LogP contribution in [0.15, 0.2) is 0 Å². The third-order valence-electron chi connectivity index (χ3n) is 4.55. The van der Waals surface area contributed by atoms with Crippen molar-refractivity contribution in [1.82, 2.24) is 9.91 Å². The fraction of sp³-hybridized carbons (Fsp3) is 0.929. The summed E-state index contributed by atoms with van der Waals surface area (Å²) in [5.41, 5.74) is 0. The summed E-state index contributed by atoms with van der Waals surface area (Å²) in [6.45, 7) is 5.12. The van der Waals surface area contributed by atoms with Gasteiger partial charge in [-0.2, -0.15) is 0 Å². The van der Waals surface area contributed by atoms with Crippen LogP contribution in [0.4, 0.5) is 0 Å². The van der Waals surface area contributed by atoms with E-state index in [0.717, 1.165) is 25.9 Å². The van der Waals surface area contributed by atoms with Crippen molar-refractivity contribution in [2.45, 2.75) is 57.9 Å². The van der Waals surface area contributed by atoms with Crippen LogP contribution in [-0.4, -0.2) is 41.5 Å². The Bertz CT molecular complexity index is 276. The van der Waals surface area contributed by atoms with Crippen LogP contribution in [0, 0.1) is 5.92 Å². The molecular formula is C14H27N3O. The molecule has 1 aliphatic heterocycles. The van der Waals surface area contributed by atoms with Crippen molar-refractivity contribution in [3.05, 3.63) is 0 Å². The van der Waals surface area contributed by atoms with Crippen molar-refractivity contribution >= 4 is 5.91 Å². The maximum Gasteiger partial charge on any atom is 0.239 e. The molecule has 2 N–H and O–H groups in total. The van der Waals surface area contributed by atoms with Gasteiger partial charge in [-0.05, 0) is 38.8 Å². The van der Waals surface area contributed by atoms with E-state index in [2.05, 4.69) is 11.8 Å². The molecule has 2 aliphatic rings. The second-order valence-corrected chi connectivity index (χ2v) is 5.75. The summed E-state index contributed by atoms with van der Waals surface area (Å²) in [5, 5.41) is 1.51. The summed E-state index contributed by atoms with van der Waals surface area (Å²) in [5.74, 6) is 6.37. The summed E-state index contributed by atoms with van der Waals surface area (Å²) in [6, 6.07) is 0.479. The van der Waals surface area contributed by atoms with E-state index in [4.69, 9.17) is 5.84 Å². The average molecular weight is 253 g/mol. The second kappa shape index (κ2) is 6.53. The van der Waals surface area contributed by atoms with E-state index in [0.29, 0.717) is 12.6 Å². The number of hydrazine groups is 1. The van der Waals surface area contributed by atoms with Gasteiger partial charge in [0.1, 0.15) is 0 Å². The lowest BCUT2D eigenvalue weighted by Crippen LogP contribution is -2.49. The fourth-order valence-corrected chi connectivity index (χ4v) is 3.42. The van der Waals surface area contributed by atoms with Crippen LogP contribution >= 0.6 is 0 Å². The van der Waals surface area contributed by atoms with E-state index >= 15 is 0 Å². The molecule has 2 fully saturated rings. The molecule has 0 bridgehead atoms. The number of hydrogen-bond acceptors (Lipinski definition) is 3. The van der Waals surface area contributed by atoms with Crippen LogP contribution in [-0.2, 0) is 4.79 Å². The molecule has 0 aromatic carbocycles. The van der Waals surface area contributed by atoms with Gasteiger partial charge in [-0.15, -0.1) is 0 Å². The van der Waals surface area contributed by atoms with Crippen molar-refractivity contribution in [3.8, 4) is 0 Å². The quantitative estimate of drug-likeness (QED) is 0.472. The molecule has 0 spiro atoms. The van der Waals surface area contributed by atoms with Crippen molar-refractivity contribution in [1.29, 1.82) is 0 Å². The Morgan fingerprint density at radius 3 is 2.61 bits per heavy atom. The molecule has 1 saturated heterocycles. The van der Waals surface area contributed by atoms with Gasteiger partial charge < -0.3 is 0 Å². The van der Waals surface area contributed by atoms with Crippen LogP contribution in [0.1, 0.15) is 51.9 Å². The summed E-state index contributed by atoms with van der Waals surface area (Å²) in [4.78, 5) is 14.7. The number of amides is 1. The Morgan fingerprint density at radius 2 is 1.94 bits per heavy atom. The van der Waals surface area contributed by atoms with Gasteiger partial charge in [0.15, 0.2) is 0 Å². The van der Waals surface area contributed by atoms with E-state index in [1.165, 1.54) is 37.1 Å². The maximum atomic E-state index is 12.3. The molecule has 1 amide bonds. The van der Waals surface area contributed by atoms with Crippen LogP contribution in [0.3, 0.4) is 0 Å². The lowest BCUT2D eigenvalue weighted by Gasteiger charge is -2.30. The van der Waals surface area contributed by atoms with Crippen molar-refractivity contribution in [3.63, 3.8) is 0 Å². The Kier molecular flexibility index (Phi) is 5.01. The third kappa shape index (κ3) is 3.23. The highest BCUT2D eigenvalue weighted by Crippen LogP contribution is 2.25. The molecule has 18 heavy (non-hydrogen) atoms. The topological polar surface area (TPSA) is 49.6 Å². The van der Waals surface area contributed by atoms with Gasteiger partial charge in [0, 0.05) is 12.0 Å². The number of carbonyl (C=O) groups is 1. The highest BCUT2D eigenvalue weighted by Gasteiger charge is 2.29. The van der Waals surface area contributed by atoms with Gasteiger partial charge in [0.2, 0.25) is 5.91 Å². The summed E-state index contributed by atoms with van der Waals surface area (Å²) >= 11 is 0. The van der Waals surface area contributed by atoms with Crippen molar-refractivity contribution < 1.29 is 4.79 Å². The first-order chi connectivity index (χ1) is 8.72. The third-order valence-corrected chi connectivity index (χ3v) is 4.55. The van der Waals surface area contributed by atoms with Gasteiger partial charge in [0.25, 0.3) is 0 Å². The molecule has 2 rings (SSSR count). The molecule has 4 heteroatoms. The zero-order chi connectivity index (χ0) is 13.0. The Morgan fingerprint density at radius 1 is 1.22 bits per heavy atom. The van der Waals surface area contributed by atoms with E-state index < -0.39 is 0 Å². The molecule has 0 radical (unpaired) electrons. The first kappa shape index (κ1) is 13.8. The number of nitrogens with zero attached hydrogens (tertiary/aromatic N) is 2. The number of carbonyl (C=O) groups excluding carboxylic acids is 1. The van der Waals surface area contributed by atoms with Gasteiger partial charge in [-0.1, -0.05) is 26.2 Å². The van der Waals surface area contributed by atoms with E-state index in [1.54, 1.807) is 0 Å². The SMILES string of the molecule is CCN1CCC[C@@H]1CN(N)C(=O)C1CCCCC1. The van der Waals surface area contributed by atoms with Gasteiger partial charge in [-0.25, -0.2) is 5.84 Å². The monoisotopic (exact) mass is 253 g/mol. The number of hydrogen-bond donors (Lipinski definition) is 1. The maximum absolute atomic E-state index is 12.3. The fourth-order valence-electron chi connectivity index (χ4n) is 3.42. The molecule has 4 nitrogen and oxygen atoms in total. The highest BCUT2D eigenvalue weighted by atomic mass is 16.2. The molecule has 1 heterocycles. The predicted molar refractivity (Wildman–Crippen MR) is 72.7 cm³/mol. The predicted octanol–water partition coefficient (Wildman–Crippen LogP) is 1.75. The van der Waals surface area contributed by atoms with Crippen LogP contribution in [0.5, 0.6) is 0 Å². The number of likely N-dealkylation sites (N-methyl/N-ethyl adjacent to an activating group) is 1. The minimum absolute atomic E-state index is 0.178. The molecule has 1 aliphatic carbocycles. The molecule has 1 saturated carbocycles. The van der Waals surface area contributed by atoms with Crippen LogP contribution in [0.25, 0.3) is 0 Å². The molecule has 104 valence electrons. The summed E-state index contributed by atoms with van der Waals surface area (Å²) < 4.78 is 0. The second-order valence-electron chi connectivity index (χ2n) is 5.75. The Labute approximate surface area is 110 Å². The molecule has 0 aromatic heterocycles. The minimum Gasteiger partial charge on any atom is -0.299 e. The lowest BCUT2D eigenvalue weighted by atomic mass is 9.88. The summed E-state index contributed by atoms with van der Waals surface area (Å²) in [7, 11) is 0. The molecular weight excluding hydrogens is 226 g/mol. The zero-order valence-electron chi connectivity index (χ0n) is 11.6. The molecule has 0 unspecified atom stereocenters. The highest BCUT2D eigenvalue weighted by molar-refractivity contribution is 5.78. The number of nitrogens with two attached hydrogens (primary N) is 1. The van der Waals surface area contributed by atoms with E-state index in [-0.39, 0.29) is 11.8 Å². The minimum atomic E-state index is 0.178. The number of likely N-dealkylation sites (tertiary alicyclic amines) is 1.